The second kappa shape index (κ2) is 4.05. The molecular weight excluding hydrogens is 228 g/mol. The third-order valence-corrected chi connectivity index (χ3v) is 2.80. The Labute approximate surface area is 97.5 Å². The molecule has 1 fully saturated rings. The van der Waals surface area contributed by atoms with Gasteiger partial charge in [-0.05, 0) is 18.2 Å². The van der Waals surface area contributed by atoms with Crippen LogP contribution in [0.5, 0.6) is 0 Å². The summed E-state index contributed by atoms with van der Waals surface area (Å²) in [5.41, 5.74) is 1.52. The Morgan fingerprint density at radius 1 is 1.44 bits per heavy atom. The van der Waals surface area contributed by atoms with Crippen LogP contribution in [0.25, 0.3) is 11.1 Å². The van der Waals surface area contributed by atoms with E-state index in [9.17, 15) is 0 Å². The molecule has 2 aromatic rings. The van der Waals surface area contributed by atoms with Crippen molar-refractivity contribution in [3.05, 3.63) is 29.1 Å². The third kappa shape index (κ3) is 1.80. The lowest BCUT2D eigenvalue weighted by molar-refractivity contribution is 0.0118. The van der Waals surface area contributed by atoms with Crippen LogP contribution >= 0.6 is 11.6 Å². The summed E-state index contributed by atoms with van der Waals surface area (Å²) in [6.45, 7) is 2.30. The van der Waals surface area contributed by atoms with Gasteiger partial charge in [-0.1, -0.05) is 11.6 Å². The molecule has 1 unspecified atom stereocenters. The van der Waals surface area contributed by atoms with Gasteiger partial charge in [0.15, 0.2) is 5.58 Å². The highest BCUT2D eigenvalue weighted by Gasteiger charge is 2.21. The second-order valence-corrected chi connectivity index (χ2v) is 4.16. The second-order valence-electron chi connectivity index (χ2n) is 3.73. The van der Waals surface area contributed by atoms with E-state index in [0.29, 0.717) is 17.5 Å². The summed E-state index contributed by atoms with van der Waals surface area (Å²) in [6, 6.07) is 5.41. The van der Waals surface area contributed by atoms with E-state index in [4.69, 9.17) is 20.8 Å². The van der Waals surface area contributed by atoms with Gasteiger partial charge < -0.3 is 14.5 Å². The monoisotopic (exact) mass is 238 g/mol. The molecule has 2 heterocycles. The van der Waals surface area contributed by atoms with Crippen LogP contribution in [0.15, 0.2) is 22.6 Å². The zero-order valence-corrected chi connectivity index (χ0v) is 9.33. The first-order chi connectivity index (χ1) is 7.83. The number of nitrogens with zero attached hydrogens (tertiary/aromatic N) is 1. The van der Waals surface area contributed by atoms with Gasteiger partial charge >= 0.3 is 0 Å². The normalized spacial score (nSPS) is 21.4. The smallest absolute Gasteiger partial charge is 0.225 e. The molecule has 3 rings (SSSR count). The van der Waals surface area contributed by atoms with Gasteiger partial charge in [0.1, 0.15) is 11.6 Å². The Hall–Kier alpha value is -1.10. The number of benzene rings is 1. The first-order valence-corrected chi connectivity index (χ1v) is 5.59. The molecule has 0 radical (unpaired) electrons. The van der Waals surface area contributed by atoms with Crippen LogP contribution in [0.2, 0.25) is 5.02 Å². The topological polar surface area (TPSA) is 47.3 Å². The van der Waals surface area contributed by atoms with Crippen molar-refractivity contribution >= 4 is 22.7 Å². The van der Waals surface area contributed by atoms with Crippen LogP contribution in [-0.2, 0) is 4.74 Å². The minimum Gasteiger partial charge on any atom is -0.438 e. The average molecular weight is 239 g/mol. The van der Waals surface area contributed by atoms with Crippen molar-refractivity contribution in [1.29, 1.82) is 0 Å². The zero-order chi connectivity index (χ0) is 11.0. The number of ether oxygens (including phenoxy) is 1. The summed E-state index contributed by atoms with van der Waals surface area (Å²) in [4.78, 5) is 4.38. The van der Waals surface area contributed by atoms with Crippen molar-refractivity contribution in [3.63, 3.8) is 0 Å². The van der Waals surface area contributed by atoms with E-state index in [1.165, 1.54) is 0 Å². The zero-order valence-electron chi connectivity index (χ0n) is 8.57. The van der Waals surface area contributed by atoms with Crippen LogP contribution in [-0.4, -0.2) is 24.7 Å². The van der Waals surface area contributed by atoms with Gasteiger partial charge in [0, 0.05) is 18.1 Å². The van der Waals surface area contributed by atoms with Gasteiger partial charge in [-0.2, -0.15) is 0 Å². The van der Waals surface area contributed by atoms with E-state index < -0.39 is 0 Å². The number of nitrogens with one attached hydrogen (secondary N) is 1. The number of oxazole rings is 1. The van der Waals surface area contributed by atoms with E-state index in [0.717, 1.165) is 24.2 Å². The van der Waals surface area contributed by atoms with Crippen LogP contribution in [0.3, 0.4) is 0 Å². The molecule has 0 spiro atoms. The predicted octanol–water partition coefficient (Wildman–Crippen LogP) is 2.14. The molecule has 1 aliphatic heterocycles. The van der Waals surface area contributed by atoms with E-state index >= 15 is 0 Å². The summed E-state index contributed by atoms with van der Waals surface area (Å²) in [5, 5.41) is 3.90. The molecule has 0 bridgehead atoms. The summed E-state index contributed by atoms with van der Waals surface area (Å²) in [5.74, 6) is 0.615. The standard InChI is InChI=1S/C11H11ClN2O2/c12-7-1-2-9-8(5-7)14-11(16-9)10-6-13-3-4-15-10/h1-2,5,10,13H,3-4,6H2. The van der Waals surface area contributed by atoms with Gasteiger partial charge in [0.2, 0.25) is 5.89 Å². The van der Waals surface area contributed by atoms with E-state index in [1.54, 1.807) is 12.1 Å². The highest BCUT2D eigenvalue weighted by molar-refractivity contribution is 6.31. The molecule has 1 aliphatic rings. The number of fused-ring (bicyclic) bond motifs is 1. The number of hydrogen-bond donors (Lipinski definition) is 1. The molecule has 5 heteroatoms. The molecule has 1 aromatic carbocycles. The largest absolute Gasteiger partial charge is 0.438 e. The molecule has 0 aliphatic carbocycles. The molecule has 1 atom stereocenters. The molecular formula is C11H11ClN2O2. The van der Waals surface area contributed by atoms with Crippen LogP contribution < -0.4 is 5.32 Å². The maximum absolute atomic E-state index is 5.89. The number of morpholine rings is 1. The first kappa shape index (κ1) is 10.1. The van der Waals surface area contributed by atoms with Gasteiger partial charge in [0.25, 0.3) is 0 Å². The Kier molecular flexibility index (Phi) is 2.55. The average Bonchev–Trinajstić information content (AvgIpc) is 2.73. The maximum Gasteiger partial charge on any atom is 0.225 e. The molecule has 4 nitrogen and oxygen atoms in total. The number of hydrogen-bond acceptors (Lipinski definition) is 4. The van der Waals surface area contributed by atoms with Crippen LogP contribution in [0.4, 0.5) is 0 Å². The summed E-state index contributed by atoms with van der Waals surface area (Å²) in [6.07, 6.45) is -0.0973. The molecule has 1 aromatic heterocycles. The maximum atomic E-state index is 5.89. The predicted molar refractivity (Wildman–Crippen MR) is 60.6 cm³/mol. The molecule has 84 valence electrons. The van der Waals surface area contributed by atoms with Crippen molar-refractivity contribution in [2.45, 2.75) is 6.10 Å². The van der Waals surface area contributed by atoms with Gasteiger partial charge in [-0.25, -0.2) is 4.98 Å². The summed E-state index contributed by atoms with van der Waals surface area (Å²) >= 11 is 5.89. The fraction of sp³-hybridized carbons (Fsp3) is 0.364. The molecule has 0 saturated carbocycles. The minimum atomic E-state index is -0.0973. The number of rotatable bonds is 1. The minimum absolute atomic E-state index is 0.0973. The van der Waals surface area contributed by atoms with Crippen molar-refractivity contribution in [2.75, 3.05) is 19.7 Å². The highest BCUT2D eigenvalue weighted by atomic mass is 35.5. The molecule has 1 saturated heterocycles. The van der Waals surface area contributed by atoms with E-state index in [2.05, 4.69) is 10.3 Å². The van der Waals surface area contributed by atoms with Crippen LogP contribution in [0, 0.1) is 0 Å². The lowest BCUT2D eigenvalue weighted by Crippen LogP contribution is -2.33. The highest BCUT2D eigenvalue weighted by Crippen LogP contribution is 2.25. The van der Waals surface area contributed by atoms with Crippen molar-refractivity contribution in [3.8, 4) is 0 Å². The lowest BCUT2D eigenvalue weighted by atomic mass is 10.3. The molecule has 1 N–H and O–H groups in total. The van der Waals surface area contributed by atoms with Crippen molar-refractivity contribution in [2.24, 2.45) is 0 Å². The first-order valence-electron chi connectivity index (χ1n) is 5.21. The number of aromatic nitrogens is 1. The SMILES string of the molecule is Clc1ccc2oc(C3CNCCO3)nc2c1. The fourth-order valence-electron chi connectivity index (χ4n) is 1.78. The molecule has 0 amide bonds. The Bertz CT molecular complexity index is 506. The van der Waals surface area contributed by atoms with Crippen LogP contribution in [0.1, 0.15) is 12.0 Å². The lowest BCUT2D eigenvalue weighted by Gasteiger charge is -2.20. The Balaban J connectivity index is 1.97. The van der Waals surface area contributed by atoms with Crippen molar-refractivity contribution < 1.29 is 9.15 Å². The van der Waals surface area contributed by atoms with Gasteiger partial charge in [0.05, 0.1) is 6.61 Å². The Morgan fingerprint density at radius 2 is 2.38 bits per heavy atom. The number of halogens is 1. The van der Waals surface area contributed by atoms with E-state index in [1.807, 2.05) is 6.07 Å². The van der Waals surface area contributed by atoms with Gasteiger partial charge in [-0.15, -0.1) is 0 Å². The molecule has 16 heavy (non-hydrogen) atoms. The third-order valence-electron chi connectivity index (χ3n) is 2.57. The summed E-state index contributed by atoms with van der Waals surface area (Å²) < 4.78 is 11.2. The summed E-state index contributed by atoms with van der Waals surface area (Å²) in [7, 11) is 0. The van der Waals surface area contributed by atoms with Gasteiger partial charge in [-0.3, -0.25) is 0 Å². The van der Waals surface area contributed by atoms with E-state index in [-0.39, 0.29) is 6.10 Å². The quantitative estimate of drug-likeness (QED) is 0.827. The fourth-order valence-corrected chi connectivity index (χ4v) is 1.95. The van der Waals surface area contributed by atoms with Crippen molar-refractivity contribution in [1.82, 2.24) is 10.3 Å². The Morgan fingerprint density at radius 3 is 3.19 bits per heavy atom.